The number of Topliss-reactive ketones (excluding diaryl/α,β-unsaturated/α-hetero) is 2. The summed E-state index contributed by atoms with van der Waals surface area (Å²) in [6, 6.07) is 22.9. The Morgan fingerprint density at radius 3 is 1.26 bits per heavy atom. The zero-order chi connectivity index (χ0) is 28.2. The average molecular weight is 545 g/mol. The molecule has 4 aromatic rings. The number of ketones is 2. The molecule has 196 valence electrons. The lowest BCUT2D eigenvalue weighted by atomic mass is 10.0. The van der Waals surface area contributed by atoms with Crippen molar-refractivity contribution >= 4 is 32.8 Å². The second-order valence-electron chi connectivity index (χ2n) is 8.48. The fourth-order valence-corrected chi connectivity index (χ4v) is 5.86. The van der Waals surface area contributed by atoms with Gasteiger partial charge in [0, 0.05) is 35.1 Å². The van der Waals surface area contributed by atoms with Crippen LogP contribution in [-0.2, 0) is 22.7 Å². The number of nitro groups is 2. The van der Waals surface area contributed by atoms with E-state index in [1.807, 2.05) is 0 Å². The first kappa shape index (κ1) is 27.0. The van der Waals surface area contributed by atoms with Crippen LogP contribution in [0.25, 0.3) is 0 Å². The van der Waals surface area contributed by atoms with Crippen LogP contribution in [0.2, 0.25) is 0 Å². The van der Waals surface area contributed by atoms with Gasteiger partial charge in [0.1, 0.15) is 9.79 Å². The van der Waals surface area contributed by atoms with Crippen LogP contribution in [0.5, 0.6) is 0 Å². The standard InChI is InChI=1S/C28H20N2O8S/c31-23(19-9-3-1-4-10-19)17-21-13-7-15-25(27(21)29(33)34)39(37,38)26-16-8-14-22(28(26)30(35)36)18-24(32)20-11-5-2-6-12-20/h1-16H,17-18H2. The molecule has 0 N–H and O–H groups in total. The van der Waals surface area contributed by atoms with Gasteiger partial charge in [-0.15, -0.1) is 0 Å². The van der Waals surface area contributed by atoms with Crippen LogP contribution in [0.3, 0.4) is 0 Å². The van der Waals surface area contributed by atoms with Crippen LogP contribution in [-0.4, -0.2) is 29.8 Å². The number of nitrogens with zero attached hydrogens (tertiary/aromatic N) is 2. The van der Waals surface area contributed by atoms with Crippen molar-refractivity contribution in [3.63, 3.8) is 0 Å². The summed E-state index contributed by atoms with van der Waals surface area (Å²) >= 11 is 0. The number of benzene rings is 4. The fourth-order valence-electron chi connectivity index (χ4n) is 4.19. The molecule has 0 heterocycles. The topological polar surface area (TPSA) is 155 Å². The first-order chi connectivity index (χ1) is 18.6. The Labute approximate surface area is 222 Å². The van der Waals surface area contributed by atoms with Crippen molar-refractivity contribution in [3.05, 3.63) is 140 Å². The van der Waals surface area contributed by atoms with Gasteiger partial charge in [0.25, 0.3) is 11.4 Å². The van der Waals surface area contributed by atoms with E-state index < -0.39 is 65.3 Å². The molecule has 0 aliphatic carbocycles. The molecule has 0 bridgehead atoms. The summed E-state index contributed by atoms with van der Waals surface area (Å²) in [5.41, 5.74) is -1.44. The molecule has 0 radical (unpaired) electrons. The number of sulfone groups is 1. The predicted octanol–water partition coefficient (Wildman–Crippen LogP) is 5.19. The van der Waals surface area contributed by atoms with Crippen LogP contribution < -0.4 is 0 Å². The van der Waals surface area contributed by atoms with Crippen LogP contribution in [0, 0.1) is 20.2 Å². The summed E-state index contributed by atoms with van der Waals surface area (Å²) in [7, 11) is -4.84. The van der Waals surface area contributed by atoms with E-state index in [-0.39, 0.29) is 22.3 Å². The number of hydrogen-bond acceptors (Lipinski definition) is 8. The van der Waals surface area contributed by atoms with Crippen molar-refractivity contribution in [2.45, 2.75) is 22.6 Å². The Balaban J connectivity index is 1.81. The summed E-state index contributed by atoms with van der Waals surface area (Å²) in [6.07, 6.45) is -0.922. The Morgan fingerprint density at radius 1 is 0.564 bits per heavy atom. The van der Waals surface area contributed by atoms with E-state index in [1.165, 1.54) is 48.5 Å². The van der Waals surface area contributed by atoms with Gasteiger partial charge in [0.2, 0.25) is 9.84 Å². The molecule has 0 saturated heterocycles. The van der Waals surface area contributed by atoms with E-state index in [4.69, 9.17) is 0 Å². The van der Waals surface area contributed by atoms with E-state index in [0.717, 1.165) is 12.1 Å². The lowest BCUT2D eigenvalue weighted by Gasteiger charge is -2.11. The van der Waals surface area contributed by atoms with Crippen LogP contribution in [0.15, 0.2) is 107 Å². The fraction of sp³-hybridized carbons (Fsp3) is 0.0714. The molecular formula is C28H20N2O8S. The van der Waals surface area contributed by atoms with Gasteiger partial charge in [-0.1, -0.05) is 84.9 Å². The molecule has 4 rings (SSSR count). The molecule has 0 saturated carbocycles. The Morgan fingerprint density at radius 2 is 0.923 bits per heavy atom. The maximum Gasteiger partial charge on any atom is 0.291 e. The van der Waals surface area contributed by atoms with E-state index in [0.29, 0.717) is 0 Å². The summed E-state index contributed by atoms with van der Waals surface area (Å²) < 4.78 is 27.4. The maximum atomic E-state index is 13.7. The second-order valence-corrected chi connectivity index (χ2v) is 10.4. The van der Waals surface area contributed by atoms with E-state index in [2.05, 4.69) is 0 Å². The highest BCUT2D eigenvalue weighted by molar-refractivity contribution is 7.91. The zero-order valence-electron chi connectivity index (χ0n) is 20.2. The van der Waals surface area contributed by atoms with Gasteiger partial charge in [0.15, 0.2) is 11.6 Å². The van der Waals surface area contributed by atoms with Crippen molar-refractivity contribution < 1.29 is 27.9 Å². The SMILES string of the molecule is O=C(Cc1cccc(S(=O)(=O)c2cccc(CC(=O)c3ccccc3)c2[N+](=O)[O-])c1[N+](=O)[O-])c1ccccc1. The Bertz CT molecular complexity index is 1580. The van der Waals surface area contributed by atoms with E-state index in [1.54, 1.807) is 36.4 Å². The molecule has 10 nitrogen and oxygen atoms in total. The normalized spacial score (nSPS) is 11.1. The molecule has 39 heavy (non-hydrogen) atoms. The van der Waals surface area contributed by atoms with Gasteiger partial charge in [-0.05, 0) is 12.1 Å². The Kier molecular flexibility index (Phi) is 7.73. The molecule has 0 aliphatic heterocycles. The highest BCUT2D eigenvalue weighted by Gasteiger charge is 2.36. The predicted molar refractivity (Wildman–Crippen MR) is 141 cm³/mol. The molecular weight excluding hydrogens is 524 g/mol. The molecule has 0 atom stereocenters. The molecule has 0 amide bonds. The first-order valence-corrected chi connectivity index (χ1v) is 13.0. The van der Waals surface area contributed by atoms with Gasteiger partial charge in [-0.3, -0.25) is 29.8 Å². The van der Waals surface area contributed by atoms with Crippen LogP contribution in [0.1, 0.15) is 31.8 Å². The van der Waals surface area contributed by atoms with Crippen molar-refractivity contribution in [1.29, 1.82) is 0 Å². The lowest BCUT2D eigenvalue weighted by molar-refractivity contribution is -0.389. The molecule has 0 aromatic heterocycles. The zero-order valence-corrected chi connectivity index (χ0v) is 21.0. The largest absolute Gasteiger partial charge is 0.294 e. The number of carbonyl (C=O) groups excluding carboxylic acids is 2. The van der Waals surface area contributed by atoms with Crippen LogP contribution >= 0.6 is 0 Å². The van der Waals surface area contributed by atoms with Gasteiger partial charge in [0.05, 0.1) is 9.85 Å². The van der Waals surface area contributed by atoms with Crippen molar-refractivity contribution in [2.75, 3.05) is 0 Å². The van der Waals surface area contributed by atoms with E-state index in [9.17, 15) is 38.2 Å². The molecule has 0 spiro atoms. The molecule has 0 unspecified atom stereocenters. The summed E-state index contributed by atoms with van der Waals surface area (Å²) in [5, 5.41) is 24.2. The van der Waals surface area contributed by atoms with E-state index >= 15 is 0 Å². The highest BCUT2D eigenvalue weighted by Crippen LogP contribution is 2.38. The third kappa shape index (κ3) is 5.63. The van der Waals surface area contributed by atoms with Gasteiger partial charge in [-0.25, -0.2) is 8.42 Å². The third-order valence-electron chi connectivity index (χ3n) is 6.00. The number of rotatable bonds is 10. The van der Waals surface area contributed by atoms with Gasteiger partial charge < -0.3 is 0 Å². The smallest absolute Gasteiger partial charge is 0.291 e. The second kappa shape index (κ2) is 11.2. The number of para-hydroxylation sites is 2. The Hall–Kier alpha value is -5.03. The number of hydrogen-bond donors (Lipinski definition) is 0. The van der Waals surface area contributed by atoms with Crippen molar-refractivity contribution in [1.82, 2.24) is 0 Å². The van der Waals surface area contributed by atoms with Crippen molar-refractivity contribution in [2.24, 2.45) is 0 Å². The van der Waals surface area contributed by atoms with Gasteiger partial charge >= 0.3 is 0 Å². The minimum Gasteiger partial charge on any atom is -0.294 e. The monoisotopic (exact) mass is 544 g/mol. The summed E-state index contributed by atoms with van der Waals surface area (Å²) in [5.74, 6) is -0.943. The number of carbonyl (C=O) groups is 2. The minimum absolute atomic E-state index is 0.159. The average Bonchev–Trinajstić information content (AvgIpc) is 2.93. The quantitative estimate of drug-likeness (QED) is 0.150. The van der Waals surface area contributed by atoms with Crippen LogP contribution in [0.4, 0.5) is 11.4 Å². The minimum atomic E-state index is -4.84. The van der Waals surface area contributed by atoms with Crippen molar-refractivity contribution in [3.8, 4) is 0 Å². The highest BCUT2D eigenvalue weighted by atomic mass is 32.2. The number of nitro benzene ring substituents is 2. The third-order valence-corrected chi connectivity index (χ3v) is 7.82. The molecule has 11 heteroatoms. The maximum absolute atomic E-state index is 13.7. The molecule has 4 aromatic carbocycles. The van der Waals surface area contributed by atoms with Gasteiger partial charge in [-0.2, -0.15) is 0 Å². The molecule has 0 fully saturated rings. The first-order valence-electron chi connectivity index (χ1n) is 11.6. The summed E-state index contributed by atoms with van der Waals surface area (Å²) in [4.78, 5) is 46.2. The lowest BCUT2D eigenvalue weighted by Crippen LogP contribution is -2.13. The summed E-state index contributed by atoms with van der Waals surface area (Å²) in [6.45, 7) is 0. The molecule has 0 aliphatic rings.